The zero-order valence-electron chi connectivity index (χ0n) is 29.7. The molecular weight excluding hydrogens is 576 g/mol. The van der Waals surface area contributed by atoms with Gasteiger partial charge in [0.25, 0.3) is 0 Å². The van der Waals surface area contributed by atoms with Crippen LogP contribution in [0.5, 0.6) is 0 Å². The lowest BCUT2D eigenvalue weighted by Crippen LogP contribution is -2.34. The molecule has 0 aliphatic heterocycles. The number of carbonyl (C=O) groups is 3. The van der Waals surface area contributed by atoms with Crippen molar-refractivity contribution in [2.45, 2.75) is 155 Å². The van der Waals surface area contributed by atoms with Crippen LogP contribution in [0.3, 0.4) is 0 Å². The molecule has 0 heterocycles. The van der Waals surface area contributed by atoms with Crippen molar-refractivity contribution in [3.05, 3.63) is 0 Å². The van der Waals surface area contributed by atoms with Gasteiger partial charge in [0.1, 0.15) is 11.2 Å². The van der Waals surface area contributed by atoms with Gasteiger partial charge in [0.2, 0.25) is 5.91 Å². The average Bonchev–Trinajstić information content (AvgIpc) is 2.93. The van der Waals surface area contributed by atoms with Crippen molar-refractivity contribution < 1.29 is 38.1 Å². The topological polar surface area (TPSA) is 121 Å². The summed E-state index contributed by atoms with van der Waals surface area (Å²) in [6.07, 6.45) is 17.6. The number of alkyl carbamates (subject to hydrolysis) is 1. The molecule has 266 valence electrons. The molecule has 45 heavy (non-hydrogen) atoms. The van der Waals surface area contributed by atoms with Crippen LogP contribution in [0.25, 0.3) is 0 Å². The van der Waals surface area contributed by atoms with Crippen LogP contribution in [-0.4, -0.2) is 81.9 Å². The second kappa shape index (κ2) is 28.3. The summed E-state index contributed by atoms with van der Waals surface area (Å²) in [6.45, 7) is 14.8. The first kappa shape index (κ1) is 43.1. The van der Waals surface area contributed by atoms with E-state index in [0.717, 1.165) is 25.7 Å². The van der Waals surface area contributed by atoms with Crippen molar-refractivity contribution in [3.8, 4) is 0 Å². The minimum atomic E-state index is -0.510. The molecule has 0 bridgehead atoms. The Morgan fingerprint density at radius 2 is 0.800 bits per heavy atom. The Labute approximate surface area is 274 Å². The number of carbonyl (C=O) groups excluding carboxylic acids is 3. The number of hydrogen-bond donors (Lipinski definition) is 2. The van der Waals surface area contributed by atoms with Gasteiger partial charge >= 0.3 is 12.1 Å². The quantitative estimate of drug-likeness (QED) is 0.0645. The lowest BCUT2D eigenvalue weighted by Gasteiger charge is -2.19. The molecule has 0 rings (SSSR count). The van der Waals surface area contributed by atoms with E-state index >= 15 is 0 Å². The standard InChI is InChI=1S/C35H68N2O8/c1-34(2,3)44-32(39)22-20-18-16-14-12-10-8-7-9-11-13-15-17-19-21-31(38)36-23-25-41-27-29-43-30-28-42-26-24-37-33(40)45-35(4,5)6/h7-30H2,1-6H3,(H,36,38)(H,37,40). The molecule has 0 aromatic rings. The zero-order chi connectivity index (χ0) is 33.7. The molecular formula is C35H68N2O8. The highest BCUT2D eigenvalue weighted by molar-refractivity contribution is 5.75. The lowest BCUT2D eigenvalue weighted by molar-refractivity contribution is -0.154. The fourth-order valence-electron chi connectivity index (χ4n) is 4.50. The maximum atomic E-state index is 12.0. The Balaban J connectivity index is 3.27. The van der Waals surface area contributed by atoms with Crippen molar-refractivity contribution in [2.75, 3.05) is 52.7 Å². The van der Waals surface area contributed by atoms with E-state index in [9.17, 15) is 14.4 Å². The van der Waals surface area contributed by atoms with Gasteiger partial charge in [-0.25, -0.2) is 4.79 Å². The minimum Gasteiger partial charge on any atom is -0.460 e. The van der Waals surface area contributed by atoms with Gasteiger partial charge in [0, 0.05) is 25.9 Å². The van der Waals surface area contributed by atoms with Gasteiger partial charge in [-0.3, -0.25) is 9.59 Å². The molecule has 0 fully saturated rings. The Morgan fingerprint density at radius 3 is 1.22 bits per heavy atom. The summed E-state index contributed by atoms with van der Waals surface area (Å²) < 4.78 is 26.8. The molecule has 0 saturated heterocycles. The number of nitrogens with one attached hydrogen (secondary N) is 2. The predicted octanol–water partition coefficient (Wildman–Crippen LogP) is 7.26. The first-order valence-corrected chi connectivity index (χ1v) is 17.6. The molecule has 0 saturated carbocycles. The lowest BCUT2D eigenvalue weighted by atomic mass is 10.0. The summed E-state index contributed by atoms with van der Waals surface area (Å²) in [5, 5.41) is 5.55. The van der Waals surface area contributed by atoms with Crippen molar-refractivity contribution in [3.63, 3.8) is 0 Å². The van der Waals surface area contributed by atoms with E-state index in [1.54, 1.807) is 0 Å². The Morgan fingerprint density at radius 1 is 0.444 bits per heavy atom. The van der Waals surface area contributed by atoms with Crippen LogP contribution in [0.4, 0.5) is 4.79 Å². The maximum Gasteiger partial charge on any atom is 0.407 e. The van der Waals surface area contributed by atoms with Gasteiger partial charge in [0.05, 0.1) is 39.6 Å². The third kappa shape index (κ3) is 36.4. The van der Waals surface area contributed by atoms with Crippen LogP contribution < -0.4 is 10.6 Å². The monoisotopic (exact) mass is 644 g/mol. The molecule has 0 aromatic carbocycles. The summed E-state index contributed by atoms with van der Waals surface area (Å²) in [6, 6.07) is 0. The SMILES string of the molecule is CC(C)(C)OC(=O)CCCCCCCCCCCCCCCCC(=O)NCCOCCOCCOCCNC(=O)OC(C)(C)C. The predicted molar refractivity (Wildman–Crippen MR) is 179 cm³/mol. The van der Waals surface area contributed by atoms with Crippen LogP contribution in [0, 0.1) is 0 Å². The summed E-state index contributed by atoms with van der Waals surface area (Å²) >= 11 is 0. The number of esters is 1. The number of hydrogen-bond acceptors (Lipinski definition) is 8. The highest BCUT2D eigenvalue weighted by Gasteiger charge is 2.16. The van der Waals surface area contributed by atoms with Crippen LogP contribution >= 0.6 is 0 Å². The van der Waals surface area contributed by atoms with Crippen LogP contribution in [0.2, 0.25) is 0 Å². The average molecular weight is 645 g/mol. The molecule has 0 aliphatic carbocycles. The first-order valence-electron chi connectivity index (χ1n) is 17.6. The van der Waals surface area contributed by atoms with E-state index in [4.69, 9.17) is 23.7 Å². The molecule has 10 nitrogen and oxygen atoms in total. The summed E-state index contributed by atoms with van der Waals surface area (Å²) in [5.41, 5.74) is -0.888. The summed E-state index contributed by atoms with van der Waals surface area (Å²) in [4.78, 5) is 35.2. The molecule has 0 aromatic heterocycles. The highest BCUT2D eigenvalue weighted by atomic mass is 16.6. The molecule has 0 radical (unpaired) electrons. The Bertz CT molecular complexity index is 734. The van der Waals surface area contributed by atoms with E-state index in [2.05, 4.69) is 10.6 Å². The maximum absolute atomic E-state index is 12.0. The van der Waals surface area contributed by atoms with E-state index < -0.39 is 11.7 Å². The largest absolute Gasteiger partial charge is 0.460 e. The second-order valence-electron chi connectivity index (χ2n) is 13.7. The van der Waals surface area contributed by atoms with Crippen LogP contribution in [-0.2, 0) is 33.3 Å². The highest BCUT2D eigenvalue weighted by Crippen LogP contribution is 2.15. The normalized spacial score (nSPS) is 11.8. The van der Waals surface area contributed by atoms with Crippen molar-refractivity contribution >= 4 is 18.0 Å². The van der Waals surface area contributed by atoms with Crippen molar-refractivity contribution in [1.29, 1.82) is 0 Å². The number of rotatable bonds is 29. The molecule has 2 N–H and O–H groups in total. The van der Waals surface area contributed by atoms with E-state index in [-0.39, 0.29) is 17.5 Å². The molecule has 0 spiro atoms. The van der Waals surface area contributed by atoms with Gasteiger partial charge < -0.3 is 34.3 Å². The molecule has 0 atom stereocenters. The number of ether oxygens (including phenoxy) is 5. The Hall–Kier alpha value is -1.91. The van der Waals surface area contributed by atoms with Crippen LogP contribution in [0.1, 0.15) is 144 Å². The van der Waals surface area contributed by atoms with E-state index in [1.807, 2.05) is 41.5 Å². The molecule has 0 unspecified atom stereocenters. The second-order valence-corrected chi connectivity index (χ2v) is 13.7. The van der Waals surface area contributed by atoms with Crippen molar-refractivity contribution in [1.82, 2.24) is 10.6 Å². The van der Waals surface area contributed by atoms with E-state index in [1.165, 1.54) is 64.2 Å². The summed E-state index contributed by atoms with van der Waals surface area (Å²) in [7, 11) is 0. The van der Waals surface area contributed by atoms with Gasteiger partial charge in [-0.1, -0.05) is 77.0 Å². The van der Waals surface area contributed by atoms with Gasteiger partial charge in [0.15, 0.2) is 0 Å². The van der Waals surface area contributed by atoms with Crippen LogP contribution in [0.15, 0.2) is 0 Å². The van der Waals surface area contributed by atoms with Gasteiger partial charge in [-0.15, -0.1) is 0 Å². The Kier molecular flexibility index (Phi) is 27.1. The molecule has 10 heteroatoms. The molecule has 0 aliphatic rings. The third-order valence-corrected chi connectivity index (χ3v) is 6.68. The number of amides is 2. The van der Waals surface area contributed by atoms with Crippen molar-refractivity contribution in [2.24, 2.45) is 0 Å². The fraction of sp³-hybridized carbons (Fsp3) is 0.914. The number of unbranched alkanes of at least 4 members (excludes halogenated alkanes) is 13. The van der Waals surface area contributed by atoms with Gasteiger partial charge in [-0.05, 0) is 54.4 Å². The first-order chi connectivity index (χ1) is 21.4. The zero-order valence-corrected chi connectivity index (χ0v) is 29.7. The summed E-state index contributed by atoms with van der Waals surface area (Å²) in [5.74, 6) is 0.0187. The van der Waals surface area contributed by atoms with E-state index in [0.29, 0.717) is 65.6 Å². The minimum absolute atomic E-state index is 0.0750. The third-order valence-electron chi connectivity index (χ3n) is 6.68. The fourth-order valence-corrected chi connectivity index (χ4v) is 4.50. The smallest absolute Gasteiger partial charge is 0.407 e. The molecule has 2 amide bonds. The van der Waals surface area contributed by atoms with Gasteiger partial charge in [-0.2, -0.15) is 0 Å².